The van der Waals surface area contributed by atoms with E-state index in [1.54, 1.807) is 23.0 Å². The van der Waals surface area contributed by atoms with E-state index >= 15 is 0 Å². The summed E-state index contributed by atoms with van der Waals surface area (Å²) < 4.78 is 47.7. The van der Waals surface area contributed by atoms with Crippen molar-refractivity contribution in [3.8, 4) is 0 Å². The number of nitrogens with one attached hydrogen (secondary N) is 2. The van der Waals surface area contributed by atoms with Crippen LogP contribution >= 0.6 is 0 Å². The van der Waals surface area contributed by atoms with Crippen LogP contribution in [0.1, 0.15) is 61.3 Å². The lowest BCUT2D eigenvalue weighted by Crippen LogP contribution is -2.45. The maximum Gasteiger partial charge on any atom is 0.416 e. The smallest absolute Gasteiger partial charge is 0.416 e. The van der Waals surface area contributed by atoms with Gasteiger partial charge in [-0.25, -0.2) is 4.79 Å². The summed E-state index contributed by atoms with van der Waals surface area (Å²) in [6.45, 7) is 4.17. The van der Waals surface area contributed by atoms with Gasteiger partial charge in [0.2, 0.25) is 5.27 Å². The fourth-order valence-electron chi connectivity index (χ4n) is 5.62. The van der Waals surface area contributed by atoms with Crippen LogP contribution in [0.25, 0.3) is 0 Å². The number of likely N-dealkylation sites (tertiary alicyclic amines) is 1. The molecule has 2 N–H and O–H groups in total. The van der Waals surface area contributed by atoms with Gasteiger partial charge < -0.3 is 15.3 Å². The van der Waals surface area contributed by atoms with Crippen LogP contribution in [0, 0.1) is 6.92 Å². The molecule has 0 atom stereocenters. The largest absolute Gasteiger partial charge is 0.861 e. The highest BCUT2D eigenvalue weighted by atomic mass is 19.4. The monoisotopic (exact) mass is 570 g/mol. The number of urea groups is 1. The van der Waals surface area contributed by atoms with E-state index in [0.717, 1.165) is 48.9 Å². The van der Waals surface area contributed by atoms with E-state index in [9.17, 15) is 23.1 Å². The lowest BCUT2D eigenvalue weighted by Gasteiger charge is -2.31. The molecule has 0 radical (unpaired) electrons. The molecule has 2 aliphatic rings. The average Bonchev–Trinajstić information content (AvgIpc) is 3.62. The van der Waals surface area contributed by atoms with Crippen molar-refractivity contribution in [2.24, 2.45) is 4.99 Å². The molecule has 12 heteroatoms. The molecule has 1 saturated heterocycles. The van der Waals surface area contributed by atoms with Crippen molar-refractivity contribution in [3.63, 3.8) is 0 Å². The number of nitrogens with zero attached hydrogens (tertiary/aromatic N) is 4. The van der Waals surface area contributed by atoms with Gasteiger partial charge in [0.25, 0.3) is 6.20 Å². The maximum atomic E-state index is 13.6. The van der Waals surface area contributed by atoms with Gasteiger partial charge >= 0.3 is 18.1 Å². The van der Waals surface area contributed by atoms with Crippen molar-refractivity contribution in [1.29, 1.82) is 0 Å². The zero-order chi connectivity index (χ0) is 29.0. The van der Waals surface area contributed by atoms with Crippen molar-refractivity contribution >= 4 is 29.2 Å². The highest BCUT2D eigenvalue weighted by Gasteiger charge is 2.34. The Hall–Kier alpha value is -3.93. The molecule has 2 aromatic carbocycles. The number of hydrogen-bond acceptors (Lipinski definition) is 6. The highest BCUT2D eigenvalue weighted by molar-refractivity contribution is 5.99. The van der Waals surface area contributed by atoms with E-state index in [1.165, 1.54) is 32.0 Å². The lowest BCUT2D eigenvalue weighted by molar-refractivity contribution is -0.787. The van der Waals surface area contributed by atoms with Crippen molar-refractivity contribution in [1.82, 2.24) is 10.2 Å². The van der Waals surface area contributed by atoms with Crippen molar-refractivity contribution in [2.45, 2.75) is 70.1 Å². The molecule has 1 saturated carbocycles. The van der Waals surface area contributed by atoms with Crippen molar-refractivity contribution in [2.75, 3.05) is 23.7 Å². The van der Waals surface area contributed by atoms with Gasteiger partial charge in [-0.05, 0) is 85.6 Å². The van der Waals surface area contributed by atoms with Gasteiger partial charge in [-0.1, -0.05) is 24.3 Å². The predicted octanol–water partition coefficient (Wildman–Crippen LogP) is 5.15. The fourth-order valence-corrected chi connectivity index (χ4v) is 5.62. The summed E-state index contributed by atoms with van der Waals surface area (Å²) in [6, 6.07) is 9.91. The van der Waals surface area contributed by atoms with Gasteiger partial charge in [0.05, 0.1) is 11.3 Å². The number of carbonyl (C=O) groups excluding carboxylic acids is 1. The molecular weight excluding hydrogens is 537 g/mol. The molecule has 218 valence electrons. The molecule has 0 unspecified atom stereocenters. The Morgan fingerprint density at radius 1 is 1.12 bits per heavy atom. The average molecular weight is 571 g/mol. The first-order valence-corrected chi connectivity index (χ1v) is 13.9. The summed E-state index contributed by atoms with van der Waals surface area (Å²) >= 11 is 0. The van der Waals surface area contributed by atoms with E-state index in [0.29, 0.717) is 6.04 Å². The van der Waals surface area contributed by atoms with Crippen LogP contribution in [0.5, 0.6) is 0 Å². The van der Waals surface area contributed by atoms with Gasteiger partial charge in [-0.15, -0.1) is 0 Å². The third-order valence-corrected chi connectivity index (χ3v) is 7.78. The molecule has 1 aromatic heterocycles. The van der Waals surface area contributed by atoms with Crippen LogP contribution in [0.2, 0.25) is 0 Å². The van der Waals surface area contributed by atoms with Crippen LogP contribution in [0.15, 0.2) is 58.2 Å². The second-order valence-electron chi connectivity index (χ2n) is 10.7. The van der Waals surface area contributed by atoms with E-state index in [-0.39, 0.29) is 29.7 Å². The number of amides is 2. The zero-order valence-electron chi connectivity index (χ0n) is 22.8. The quantitative estimate of drug-likeness (QED) is 0.232. The third-order valence-electron chi connectivity index (χ3n) is 7.78. The van der Waals surface area contributed by atoms with Gasteiger partial charge in [0.1, 0.15) is 0 Å². The Morgan fingerprint density at radius 3 is 2.56 bits per heavy atom. The highest BCUT2D eigenvalue weighted by Crippen LogP contribution is 2.34. The van der Waals surface area contributed by atoms with Crippen LogP contribution in [-0.2, 0) is 12.6 Å². The van der Waals surface area contributed by atoms with Gasteiger partial charge in [0, 0.05) is 31.0 Å². The number of hydrogen-bond donors (Lipinski definition) is 2. The fraction of sp³-hybridized carbons (Fsp3) is 0.448. The number of carbonyl (C=O) groups is 1. The minimum atomic E-state index is -4.71. The van der Waals surface area contributed by atoms with Gasteiger partial charge in [-0.3, -0.25) is 14.8 Å². The Balaban J connectivity index is 1.23. The molecule has 0 spiro atoms. The SMILES string of the molecule is Cc1ccccc1CC([O-])=Nc1cc(NC(=O)Nc2c[n+](C3CCC(N4CCCC4)CC3)no2)cc(C(F)(F)F)c1. The van der Waals surface area contributed by atoms with E-state index in [1.807, 2.05) is 19.1 Å². The third kappa shape index (κ3) is 7.43. The number of halogens is 3. The first kappa shape index (κ1) is 28.6. The first-order chi connectivity index (χ1) is 19.6. The van der Waals surface area contributed by atoms with E-state index in [2.05, 4.69) is 25.8 Å². The van der Waals surface area contributed by atoms with E-state index in [4.69, 9.17) is 4.52 Å². The minimum Gasteiger partial charge on any atom is -0.861 e. The summed E-state index contributed by atoms with van der Waals surface area (Å²) in [5.74, 6) is -0.538. The Kier molecular flexibility index (Phi) is 8.57. The molecule has 2 amide bonds. The molecule has 1 aliphatic carbocycles. The zero-order valence-corrected chi connectivity index (χ0v) is 22.8. The lowest BCUT2D eigenvalue weighted by atomic mass is 9.90. The summed E-state index contributed by atoms with van der Waals surface area (Å²) in [6.07, 6.45) is 3.38. The number of benzene rings is 2. The normalized spacial score (nSPS) is 20.2. The number of rotatable bonds is 7. The maximum absolute atomic E-state index is 13.6. The second kappa shape index (κ2) is 12.3. The second-order valence-corrected chi connectivity index (χ2v) is 10.7. The molecule has 41 heavy (non-hydrogen) atoms. The summed E-state index contributed by atoms with van der Waals surface area (Å²) in [7, 11) is 0. The standard InChI is InChI=1S/C29H33F3N6O3/c1-19-6-2-3-7-20(19)14-26(39)33-22-15-21(29(30,31)32)16-23(17-22)34-28(40)35-27-18-38(36-41-27)25-10-8-24(9-11-25)37-12-4-5-13-37/h2-3,6-7,15-18,24-25H,4-5,8-14H2,1H3,(H2-,33,34,35,36,39,40). The first-order valence-electron chi connectivity index (χ1n) is 13.9. The van der Waals surface area contributed by atoms with E-state index < -0.39 is 23.7 Å². The van der Waals surface area contributed by atoms with Crippen molar-refractivity contribution < 1.29 is 32.3 Å². The molecule has 9 nitrogen and oxygen atoms in total. The Labute approximate surface area is 236 Å². The molecule has 5 rings (SSSR count). The molecular formula is C29H33F3N6O3. The number of aryl methyl sites for hydroxylation is 1. The van der Waals surface area contributed by atoms with Crippen LogP contribution in [-0.4, -0.2) is 41.2 Å². The molecule has 3 aromatic rings. The van der Waals surface area contributed by atoms with Gasteiger partial charge in [-0.2, -0.15) is 13.2 Å². The molecule has 1 aliphatic heterocycles. The van der Waals surface area contributed by atoms with Crippen molar-refractivity contribution in [3.05, 3.63) is 65.4 Å². The number of alkyl halides is 3. The minimum absolute atomic E-state index is 0.0580. The topological polar surface area (TPSA) is 110 Å². The van der Waals surface area contributed by atoms with Crippen LogP contribution < -0.4 is 20.4 Å². The molecule has 2 heterocycles. The molecule has 0 bridgehead atoms. The Morgan fingerprint density at radius 2 is 1.85 bits per heavy atom. The summed E-state index contributed by atoms with van der Waals surface area (Å²) in [5.41, 5.74) is 0.181. The molecule has 2 fully saturated rings. The predicted molar refractivity (Wildman–Crippen MR) is 145 cm³/mol. The van der Waals surface area contributed by atoms with Gasteiger partial charge in [0.15, 0.2) is 6.04 Å². The summed E-state index contributed by atoms with van der Waals surface area (Å²) in [5, 5.41) is 21.4. The van der Waals surface area contributed by atoms with Crippen LogP contribution in [0.3, 0.4) is 0 Å². The number of anilines is 2. The van der Waals surface area contributed by atoms with Crippen LogP contribution in [0.4, 0.5) is 35.2 Å². The number of aliphatic imine (C=N–C) groups is 1. The summed E-state index contributed by atoms with van der Waals surface area (Å²) in [4.78, 5) is 19.1. The number of aromatic nitrogens is 2. The Bertz CT molecular complexity index is 1390.